The SMILES string of the molecule is CCCCCCCC/C=C\CCCCCCCCCC(=O)OCC(COCCCCCCCCCCCC)OC(=O)CCCCCCC. The first-order valence-electron chi connectivity index (χ1n) is 21.2. The van der Waals surface area contributed by atoms with Crippen LogP contribution < -0.4 is 0 Å². The Bertz CT molecular complexity index is 691. The molecule has 0 aromatic rings. The molecule has 0 aliphatic rings. The summed E-state index contributed by atoms with van der Waals surface area (Å²) in [5, 5.41) is 0. The lowest BCUT2D eigenvalue weighted by molar-refractivity contribution is -0.163. The second-order valence-electron chi connectivity index (χ2n) is 14.3. The van der Waals surface area contributed by atoms with Crippen molar-refractivity contribution in [3.05, 3.63) is 12.2 Å². The van der Waals surface area contributed by atoms with Crippen molar-refractivity contribution >= 4 is 11.9 Å². The molecule has 0 aliphatic heterocycles. The zero-order valence-electron chi connectivity index (χ0n) is 32.5. The zero-order valence-corrected chi connectivity index (χ0v) is 32.5. The van der Waals surface area contributed by atoms with Crippen LogP contribution >= 0.6 is 0 Å². The summed E-state index contributed by atoms with van der Waals surface area (Å²) in [6.07, 6.45) is 42.3. The van der Waals surface area contributed by atoms with Crippen molar-refractivity contribution in [1.29, 1.82) is 0 Å². The summed E-state index contributed by atoms with van der Waals surface area (Å²) in [5.74, 6) is -0.405. The quantitative estimate of drug-likeness (QED) is 0.0368. The minimum Gasteiger partial charge on any atom is -0.462 e. The van der Waals surface area contributed by atoms with Crippen LogP contribution in [0, 0.1) is 0 Å². The third-order valence-corrected chi connectivity index (χ3v) is 9.30. The summed E-state index contributed by atoms with van der Waals surface area (Å²) in [6, 6.07) is 0. The number of allylic oxidation sites excluding steroid dienone is 2. The van der Waals surface area contributed by atoms with Gasteiger partial charge in [-0.3, -0.25) is 9.59 Å². The standard InChI is InChI=1S/C43H82O5/c1-4-7-10-13-15-17-19-20-21-22-23-24-25-26-28-31-33-36-42(44)47-40-41(48-43(45)37-34-30-12-9-6-3)39-46-38-35-32-29-27-18-16-14-11-8-5-2/h20-21,41H,4-19,22-40H2,1-3H3/b21-20-. The zero-order chi connectivity index (χ0) is 35.0. The molecule has 284 valence electrons. The Kier molecular flexibility index (Phi) is 38.9. The highest BCUT2D eigenvalue weighted by Crippen LogP contribution is 2.14. The molecule has 0 rings (SSSR count). The van der Waals surface area contributed by atoms with Crippen LogP contribution in [0.4, 0.5) is 0 Å². The van der Waals surface area contributed by atoms with Gasteiger partial charge in [0.1, 0.15) is 6.61 Å². The van der Waals surface area contributed by atoms with Gasteiger partial charge in [-0.05, 0) is 44.9 Å². The second kappa shape index (κ2) is 40.1. The van der Waals surface area contributed by atoms with Gasteiger partial charge in [-0.1, -0.05) is 181 Å². The van der Waals surface area contributed by atoms with E-state index in [9.17, 15) is 9.59 Å². The number of carbonyl (C=O) groups is 2. The third-order valence-electron chi connectivity index (χ3n) is 9.30. The molecule has 0 bridgehead atoms. The molecule has 0 amide bonds. The van der Waals surface area contributed by atoms with Crippen molar-refractivity contribution < 1.29 is 23.8 Å². The number of carbonyl (C=O) groups excluding carboxylic acids is 2. The van der Waals surface area contributed by atoms with Gasteiger partial charge in [-0.2, -0.15) is 0 Å². The number of ether oxygens (including phenoxy) is 3. The number of unbranched alkanes of at least 4 members (excludes halogenated alkanes) is 26. The number of rotatable bonds is 39. The van der Waals surface area contributed by atoms with E-state index in [1.807, 2.05) is 0 Å². The summed E-state index contributed by atoms with van der Waals surface area (Å²) >= 11 is 0. The Morgan fingerprint density at radius 1 is 0.438 bits per heavy atom. The van der Waals surface area contributed by atoms with Crippen LogP contribution in [0.5, 0.6) is 0 Å². The van der Waals surface area contributed by atoms with Gasteiger partial charge in [0.05, 0.1) is 6.61 Å². The van der Waals surface area contributed by atoms with E-state index in [1.165, 1.54) is 154 Å². The maximum absolute atomic E-state index is 12.5. The van der Waals surface area contributed by atoms with Gasteiger partial charge in [0.15, 0.2) is 6.10 Å². The number of hydrogen-bond acceptors (Lipinski definition) is 5. The van der Waals surface area contributed by atoms with E-state index in [1.54, 1.807) is 0 Å². The average molecular weight is 679 g/mol. The van der Waals surface area contributed by atoms with E-state index in [2.05, 4.69) is 32.9 Å². The van der Waals surface area contributed by atoms with E-state index in [0.717, 1.165) is 38.5 Å². The lowest BCUT2D eigenvalue weighted by atomic mass is 10.1. The van der Waals surface area contributed by atoms with Crippen LogP contribution in [-0.2, 0) is 23.8 Å². The van der Waals surface area contributed by atoms with E-state index >= 15 is 0 Å². The summed E-state index contributed by atoms with van der Waals surface area (Å²) in [4.78, 5) is 24.9. The van der Waals surface area contributed by atoms with Crippen molar-refractivity contribution in [3.8, 4) is 0 Å². The lowest BCUT2D eigenvalue weighted by Gasteiger charge is -2.18. The van der Waals surface area contributed by atoms with Crippen LogP contribution in [0.15, 0.2) is 12.2 Å². The van der Waals surface area contributed by atoms with Crippen LogP contribution in [0.1, 0.15) is 226 Å². The van der Waals surface area contributed by atoms with Gasteiger partial charge >= 0.3 is 11.9 Å². The first kappa shape index (κ1) is 46.6. The predicted octanol–water partition coefficient (Wildman–Crippen LogP) is 13.6. The molecule has 5 nitrogen and oxygen atoms in total. The van der Waals surface area contributed by atoms with Gasteiger partial charge in [0.2, 0.25) is 0 Å². The maximum Gasteiger partial charge on any atom is 0.306 e. The Morgan fingerprint density at radius 2 is 0.812 bits per heavy atom. The molecule has 0 fully saturated rings. The number of esters is 2. The minimum absolute atomic E-state index is 0.0891. The molecule has 0 aromatic heterocycles. The average Bonchev–Trinajstić information content (AvgIpc) is 3.08. The highest BCUT2D eigenvalue weighted by molar-refractivity contribution is 5.70. The molecular formula is C43H82O5. The molecule has 48 heavy (non-hydrogen) atoms. The molecule has 0 heterocycles. The van der Waals surface area contributed by atoms with Crippen molar-refractivity contribution in [2.75, 3.05) is 19.8 Å². The van der Waals surface area contributed by atoms with Crippen LogP contribution in [0.2, 0.25) is 0 Å². The molecular weight excluding hydrogens is 596 g/mol. The molecule has 1 unspecified atom stereocenters. The van der Waals surface area contributed by atoms with Gasteiger partial charge in [0.25, 0.3) is 0 Å². The van der Waals surface area contributed by atoms with Gasteiger partial charge < -0.3 is 14.2 Å². The second-order valence-corrected chi connectivity index (χ2v) is 14.3. The summed E-state index contributed by atoms with van der Waals surface area (Å²) < 4.78 is 17.1. The lowest BCUT2D eigenvalue weighted by Crippen LogP contribution is -2.30. The first-order chi connectivity index (χ1) is 23.6. The highest BCUT2D eigenvalue weighted by Gasteiger charge is 2.17. The molecule has 1 atom stereocenters. The van der Waals surface area contributed by atoms with Crippen molar-refractivity contribution in [1.82, 2.24) is 0 Å². The fraction of sp³-hybridized carbons (Fsp3) is 0.907. The minimum atomic E-state index is -0.523. The summed E-state index contributed by atoms with van der Waals surface area (Å²) in [5.41, 5.74) is 0. The van der Waals surface area contributed by atoms with E-state index in [-0.39, 0.29) is 18.5 Å². The van der Waals surface area contributed by atoms with E-state index < -0.39 is 6.10 Å². The molecule has 0 N–H and O–H groups in total. The molecule has 0 saturated carbocycles. The fourth-order valence-corrected chi connectivity index (χ4v) is 6.09. The van der Waals surface area contributed by atoms with E-state index in [0.29, 0.717) is 26.1 Å². The van der Waals surface area contributed by atoms with Gasteiger partial charge in [-0.15, -0.1) is 0 Å². The third kappa shape index (κ3) is 37.5. The normalized spacial score (nSPS) is 12.1. The van der Waals surface area contributed by atoms with E-state index in [4.69, 9.17) is 14.2 Å². The first-order valence-corrected chi connectivity index (χ1v) is 21.2. The molecule has 0 aliphatic carbocycles. The van der Waals surface area contributed by atoms with Crippen LogP contribution in [0.3, 0.4) is 0 Å². The topological polar surface area (TPSA) is 61.8 Å². The summed E-state index contributed by atoms with van der Waals surface area (Å²) in [7, 11) is 0. The van der Waals surface area contributed by atoms with Crippen LogP contribution in [0.25, 0.3) is 0 Å². The van der Waals surface area contributed by atoms with Crippen LogP contribution in [-0.4, -0.2) is 37.9 Å². The number of hydrogen-bond donors (Lipinski definition) is 0. The fourth-order valence-electron chi connectivity index (χ4n) is 6.09. The Morgan fingerprint density at radius 3 is 1.27 bits per heavy atom. The molecule has 5 heteroatoms. The Hall–Kier alpha value is -1.36. The van der Waals surface area contributed by atoms with Gasteiger partial charge in [0, 0.05) is 19.4 Å². The molecule has 0 spiro atoms. The Labute approximate surface area is 299 Å². The van der Waals surface area contributed by atoms with Gasteiger partial charge in [-0.25, -0.2) is 0 Å². The van der Waals surface area contributed by atoms with Crippen molar-refractivity contribution in [2.45, 2.75) is 232 Å². The highest BCUT2D eigenvalue weighted by atomic mass is 16.6. The summed E-state index contributed by atoms with van der Waals surface area (Å²) in [6.45, 7) is 7.76. The van der Waals surface area contributed by atoms with Crippen molar-refractivity contribution in [3.63, 3.8) is 0 Å². The smallest absolute Gasteiger partial charge is 0.306 e. The van der Waals surface area contributed by atoms with Crippen molar-refractivity contribution in [2.24, 2.45) is 0 Å². The largest absolute Gasteiger partial charge is 0.462 e. The Balaban J connectivity index is 4.02. The molecule has 0 aromatic carbocycles. The molecule has 0 radical (unpaired) electrons. The molecule has 0 saturated heterocycles. The monoisotopic (exact) mass is 679 g/mol. The predicted molar refractivity (Wildman–Crippen MR) is 206 cm³/mol. The maximum atomic E-state index is 12.5.